The zero-order valence-electron chi connectivity index (χ0n) is 14.3. The Bertz CT molecular complexity index is 534. The number of hydrogen-bond donors (Lipinski definition) is 1. The lowest BCUT2D eigenvalue weighted by Crippen LogP contribution is -2.54. The van der Waals surface area contributed by atoms with Crippen molar-refractivity contribution < 1.29 is 9.90 Å². The Morgan fingerprint density at radius 2 is 2.00 bits per heavy atom. The van der Waals surface area contributed by atoms with Crippen LogP contribution in [0, 0.1) is 28.1 Å². The summed E-state index contributed by atoms with van der Waals surface area (Å²) in [6.07, 6.45) is 12.1. The van der Waals surface area contributed by atoms with Gasteiger partial charge in [0.2, 0.25) is 0 Å². The molecule has 0 bridgehead atoms. The second kappa shape index (κ2) is 4.97. The molecule has 0 spiro atoms. The summed E-state index contributed by atoms with van der Waals surface area (Å²) >= 11 is 0. The SMILES string of the molecule is C=CC1(C)C=C2CC[C@@H]3[C@](C)(CCC[C@@]3(C)C(=O)O)[C@H]2CC1. The van der Waals surface area contributed by atoms with Crippen molar-refractivity contribution in [2.45, 2.75) is 65.7 Å². The van der Waals surface area contributed by atoms with E-state index in [2.05, 4.69) is 32.6 Å². The summed E-state index contributed by atoms with van der Waals surface area (Å²) in [5, 5.41) is 9.84. The van der Waals surface area contributed by atoms with Crippen LogP contribution in [0.3, 0.4) is 0 Å². The Morgan fingerprint density at radius 1 is 1.27 bits per heavy atom. The Morgan fingerprint density at radius 3 is 2.64 bits per heavy atom. The standard InChI is InChI=1S/C20H30O2/c1-5-18(2)12-9-15-14(13-18)7-8-16-19(15,3)10-6-11-20(16,4)17(21)22/h5,13,15-16H,1,6-12H2,2-4H3,(H,21,22)/t15-,16+,18?,19+,20+/m0/s1. The van der Waals surface area contributed by atoms with Crippen molar-refractivity contribution in [1.82, 2.24) is 0 Å². The molecule has 0 heterocycles. The number of aliphatic carboxylic acids is 1. The van der Waals surface area contributed by atoms with Crippen molar-refractivity contribution in [2.24, 2.45) is 28.1 Å². The third-order valence-corrected chi connectivity index (χ3v) is 7.38. The molecule has 22 heavy (non-hydrogen) atoms. The van der Waals surface area contributed by atoms with Gasteiger partial charge >= 0.3 is 5.97 Å². The molecule has 1 unspecified atom stereocenters. The van der Waals surface area contributed by atoms with Crippen molar-refractivity contribution in [3.05, 3.63) is 24.3 Å². The molecule has 0 aromatic heterocycles. The van der Waals surface area contributed by atoms with Gasteiger partial charge in [0.15, 0.2) is 0 Å². The predicted octanol–water partition coefficient (Wildman–Crippen LogP) is 5.21. The smallest absolute Gasteiger partial charge is 0.309 e. The van der Waals surface area contributed by atoms with Crippen molar-refractivity contribution >= 4 is 5.97 Å². The van der Waals surface area contributed by atoms with Gasteiger partial charge in [0.25, 0.3) is 0 Å². The van der Waals surface area contributed by atoms with Crippen LogP contribution in [0.4, 0.5) is 0 Å². The molecule has 2 heteroatoms. The molecule has 0 aromatic carbocycles. The van der Waals surface area contributed by atoms with Crippen molar-refractivity contribution in [3.8, 4) is 0 Å². The summed E-state index contributed by atoms with van der Waals surface area (Å²) < 4.78 is 0. The summed E-state index contributed by atoms with van der Waals surface area (Å²) in [5.74, 6) is 0.322. The average molecular weight is 302 g/mol. The Balaban J connectivity index is 1.99. The molecule has 2 saturated carbocycles. The van der Waals surface area contributed by atoms with E-state index >= 15 is 0 Å². The molecule has 0 saturated heterocycles. The molecule has 122 valence electrons. The largest absolute Gasteiger partial charge is 0.481 e. The first kappa shape index (κ1) is 15.8. The maximum Gasteiger partial charge on any atom is 0.309 e. The lowest BCUT2D eigenvalue weighted by molar-refractivity contribution is -0.164. The minimum absolute atomic E-state index is 0.139. The molecule has 1 N–H and O–H groups in total. The van der Waals surface area contributed by atoms with Gasteiger partial charge in [-0.05, 0) is 62.7 Å². The molecule has 0 aromatic rings. The second-order valence-electron chi connectivity index (χ2n) is 8.69. The fraction of sp³-hybridized carbons (Fsp3) is 0.750. The molecule has 5 atom stereocenters. The van der Waals surface area contributed by atoms with E-state index < -0.39 is 11.4 Å². The van der Waals surface area contributed by atoms with Crippen LogP contribution in [0.1, 0.15) is 65.7 Å². The highest BCUT2D eigenvalue weighted by molar-refractivity contribution is 5.75. The highest BCUT2D eigenvalue weighted by Crippen LogP contribution is 2.63. The minimum Gasteiger partial charge on any atom is -0.481 e. The van der Waals surface area contributed by atoms with Gasteiger partial charge in [0.05, 0.1) is 5.41 Å². The van der Waals surface area contributed by atoms with E-state index in [4.69, 9.17) is 0 Å². The van der Waals surface area contributed by atoms with Crippen LogP contribution < -0.4 is 0 Å². The molecular formula is C20H30O2. The van der Waals surface area contributed by atoms with Crippen molar-refractivity contribution in [1.29, 1.82) is 0 Å². The predicted molar refractivity (Wildman–Crippen MR) is 89.5 cm³/mol. The minimum atomic E-state index is -0.581. The van der Waals surface area contributed by atoms with Gasteiger partial charge in [-0.2, -0.15) is 0 Å². The van der Waals surface area contributed by atoms with Gasteiger partial charge < -0.3 is 5.11 Å². The maximum absolute atomic E-state index is 12.0. The van der Waals surface area contributed by atoms with E-state index in [0.717, 1.165) is 32.1 Å². The van der Waals surface area contributed by atoms with Crippen LogP contribution in [-0.2, 0) is 4.79 Å². The van der Waals surface area contributed by atoms with Crippen LogP contribution >= 0.6 is 0 Å². The Kier molecular flexibility index (Phi) is 3.58. The molecule has 2 nitrogen and oxygen atoms in total. The molecule has 0 radical (unpaired) electrons. The third kappa shape index (κ3) is 2.10. The fourth-order valence-electron chi connectivity index (χ4n) is 5.94. The summed E-state index contributed by atoms with van der Waals surface area (Å²) in [6.45, 7) is 10.7. The number of carbonyl (C=O) groups is 1. The lowest BCUT2D eigenvalue weighted by Gasteiger charge is -2.59. The Labute approximate surface area is 134 Å². The molecule has 3 aliphatic carbocycles. The van der Waals surface area contributed by atoms with Crippen LogP contribution in [0.5, 0.6) is 0 Å². The van der Waals surface area contributed by atoms with E-state index in [-0.39, 0.29) is 10.8 Å². The number of allylic oxidation sites excluding steroid dienone is 3. The summed E-state index contributed by atoms with van der Waals surface area (Å²) in [6, 6.07) is 0. The van der Waals surface area contributed by atoms with Gasteiger partial charge in [0, 0.05) is 5.41 Å². The third-order valence-electron chi connectivity index (χ3n) is 7.38. The number of carboxylic acids is 1. The van der Waals surface area contributed by atoms with Gasteiger partial charge in [-0.25, -0.2) is 0 Å². The molecular weight excluding hydrogens is 272 g/mol. The molecule has 3 aliphatic rings. The van der Waals surface area contributed by atoms with Gasteiger partial charge in [0.1, 0.15) is 0 Å². The highest BCUT2D eigenvalue weighted by Gasteiger charge is 2.58. The quantitative estimate of drug-likeness (QED) is 0.711. The van der Waals surface area contributed by atoms with E-state index in [1.165, 1.54) is 12.8 Å². The number of fused-ring (bicyclic) bond motifs is 3. The van der Waals surface area contributed by atoms with Crippen LogP contribution in [0.15, 0.2) is 24.3 Å². The van der Waals surface area contributed by atoms with Crippen molar-refractivity contribution in [3.63, 3.8) is 0 Å². The number of hydrogen-bond acceptors (Lipinski definition) is 1. The van der Waals surface area contributed by atoms with Gasteiger partial charge in [-0.1, -0.05) is 38.0 Å². The topological polar surface area (TPSA) is 37.3 Å². The first-order chi connectivity index (χ1) is 10.3. The summed E-state index contributed by atoms with van der Waals surface area (Å²) in [5.41, 5.74) is 1.36. The van der Waals surface area contributed by atoms with Crippen LogP contribution in [-0.4, -0.2) is 11.1 Å². The summed E-state index contributed by atoms with van der Waals surface area (Å²) in [7, 11) is 0. The molecule has 2 fully saturated rings. The zero-order valence-corrected chi connectivity index (χ0v) is 14.3. The zero-order chi connectivity index (χ0) is 16.2. The first-order valence-electron chi connectivity index (χ1n) is 8.84. The number of carboxylic acid groups (broad SMARTS) is 1. The monoisotopic (exact) mass is 302 g/mol. The van der Waals surface area contributed by atoms with Gasteiger partial charge in [-0.15, -0.1) is 6.58 Å². The van der Waals surface area contributed by atoms with Crippen molar-refractivity contribution in [2.75, 3.05) is 0 Å². The molecule has 0 aliphatic heterocycles. The van der Waals surface area contributed by atoms with E-state index in [1.807, 2.05) is 6.92 Å². The van der Waals surface area contributed by atoms with Crippen LogP contribution in [0.25, 0.3) is 0 Å². The lowest BCUT2D eigenvalue weighted by atomic mass is 9.45. The summed E-state index contributed by atoms with van der Waals surface area (Å²) in [4.78, 5) is 12.0. The van der Waals surface area contributed by atoms with E-state index in [9.17, 15) is 9.90 Å². The van der Waals surface area contributed by atoms with E-state index in [0.29, 0.717) is 11.8 Å². The fourth-order valence-corrected chi connectivity index (χ4v) is 5.94. The second-order valence-corrected chi connectivity index (χ2v) is 8.69. The molecule has 0 amide bonds. The van der Waals surface area contributed by atoms with Gasteiger partial charge in [-0.3, -0.25) is 4.79 Å². The molecule has 3 rings (SSSR count). The maximum atomic E-state index is 12.0. The average Bonchev–Trinajstić information content (AvgIpc) is 2.46. The van der Waals surface area contributed by atoms with Crippen LogP contribution in [0.2, 0.25) is 0 Å². The Hall–Kier alpha value is -1.05. The number of rotatable bonds is 2. The normalized spacial score (nSPS) is 47.9. The van der Waals surface area contributed by atoms with E-state index in [1.54, 1.807) is 5.57 Å². The first-order valence-corrected chi connectivity index (χ1v) is 8.84. The highest BCUT2D eigenvalue weighted by atomic mass is 16.4.